The van der Waals surface area contributed by atoms with Crippen LogP contribution in [0.5, 0.6) is 0 Å². The lowest BCUT2D eigenvalue weighted by Crippen LogP contribution is -2.43. The van der Waals surface area contributed by atoms with Crippen molar-refractivity contribution in [2.45, 2.75) is 26.3 Å². The molecule has 1 amide bonds. The largest absolute Gasteiger partial charge is 0.384 e. The van der Waals surface area contributed by atoms with E-state index in [0.717, 1.165) is 29.1 Å². The number of hydrogen-bond acceptors (Lipinski definition) is 5. The third-order valence-electron chi connectivity index (χ3n) is 5.50. The molecular weight excluding hydrogens is 441 g/mol. The number of halogens is 2. The van der Waals surface area contributed by atoms with E-state index < -0.39 is 0 Å². The Hall–Kier alpha value is -2.82. The maximum Gasteiger partial charge on any atom is 0.243 e. The molecule has 2 atom stereocenters. The molecule has 1 aliphatic rings. The van der Waals surface area contributed by atoms with E-state index in [0.29, 0.717) is 37.0 Å². The molecule has 0 aliphatic carbocycles. The van der Waals surface area contributed by atoms with Crippen LogP contribution in [0.2, 0.25) is 5.02 Å². The SMILES string of the molecule is C=C/C(=C/C=C(/C)c1ccc(Cl)c(N2C[C@@H](C)C[C@H]2C(=O)NCC#N)c1)NCCNCCF. The summed E-state index contributed by atoms with van der Waals surface area (Å²) in [4.78, 5) is 14.6. The minimum atomic E-state index is -0.378. The van der Waals surface area contributed by atoms with Crippen molar-refractivity contribution in [3.8, 4) is 6.07 Å². The maximum absolute atomic E-state index is 12.6. The predicted molar refractivity (Wildman–Crippen MR) is 134 cm³/mol. The normalized spacial score (nSPS) is 18.7. The van der Waals surface area contributed by atoms with Crippen LogP contribution in [0.3, 0.4) is 0 Å². The molecule has 178 valence electrons. The van der Waals surface area contributed by atoms with E-state index in [1.54, 1.807) is 6.08 Å². The van der Waals surface area contributed by atoms with Gasteiger partial charge in [-0.15, -0.1) is 0 Å². The van der Waals surface area contributed by atoms with Gasteiger partial charge in [0.05, 0.1) is 16.8 Å². The standard InChI is InChI=1S/C25H33ClFN5O/c1-4-21(30-14-13-29-11-9-27)7-5-19(3)20-6-8-22(26)23(16-20)32-17-18(2)15-24(32)25(33)31-12-10-28/h4-8,16,18,24,29-30H,1,9,11-15,17H2,2-3H3,(H,31,33)/b19-5-,21-7-/t18-,24-/m0/s1. The number of alkyl halides is 1. The van der Waals surface area contributed by atoms with Gasteiger partial charge in [0.2, 0.25) is 5.91 Å². The van der Waals surface area contributed by atoms with Gasteiger partial charge in [-0.05, 0) is 54.7 Å². The molecule has 0 saturated carbocycles. The fourth-order valence-electron chi connectivity index (χ4n) is 3.78. The van der Waals surface area contributed by atoms with Crippen molar-refractivity contribution in [2.75, 3.05) is 44.3 Å². The van der Waals surface area contributed by atoms with Crippen LogP contribution in [-0.2, 0) is 4.79 Å². The van der Waals surface area contributed by atoms with E-state index in [4.69, 9.17) is 16.9 Å². The number of carbonyl (C=O) groups excluding carboxylic acids is 1. The number of nitriles is 1. The van der Waals surface area contributed by atoms with Crippen LogP contribution in [0.25, 0.3) is 5.57 Å². The first-order chi connectivity index (χ1) is 15.9. The van der Waals surface area contributed by atoms with Gasteiger partial charge in [-0.1, -0.05) is 37.2 Å². The smallest absolute Gasteiger partial charge is 0.243 e. The van der Waals surface area contributed by atoms with Crippen molar-refractivity contribution in [2.24, 2.45) is 5.92 Å². The zero-order chi connectivity index (χ0) is 24.2. The van der Waals surface area contributed by atoms with Crippen molar-refractivity contribution >= 4 is 28.8 Å². The lowest BCUT2D eigenvalue weighted by atomic mass is 10.0. The van der Waals surface area contributed by atoms with Gasteiger partial charge in [0.1, 0.15) is 19.3 Å². The zero-order valence-corrected chi connectivity index (χ0v) is 20.1. The molecule has 0 spiro atoms. The number of anilines is 1. The van der Waals surface area contributed by atoms with Crippen LogP contribution in [0.4, 0.5) is 10.1 Å². The Labute approximate surface area is 201 Å². The number of nitrogens with one attached hydrogen (secondary N) is 3. The Morgan fingerprint density at radius 3 is 2.82 bits per heavy atom. The number of nitrogens with zero attached hydrogens (tertiary/aromatic N) is 2. The zero-order valence-electron chi connectivity index (χ0n) is 19.3. The van der Waals surface area contributed by atoms with Crippen LogP contribution in [-0.4, -0.2) is 51.3 Å². The van der Waals surface area contributed by atoms with Crippen LogP contribution in [0, 0.1) is 17.2 Å². The molecular formula is C25H33ClFN5O. The maximum atomic E-state index is 12.6. The van der Waals surface area contributed by atoms with Crippen molar-refractivity contribution in [1.29, 1.82) is 5.26 Å². The number of amides is 1. The first-order valence-electron chi connectivity index (χ1n) is 11.1. The summed E-state index contributed by atoms with van der Waals surface area (Å²) in [7, 11) is 0. The monoisotopic (exact) mass is 473 g/mol. The highest BCUT2D eigenvalue weighted by Crippen LogP contribution is 2.36. The number of allylic oxidation sites excluding steroid dienone is 4. The van der Waals surface area contributed by atoms with Gasteiger partial charge in [-0.25, -0.2) is 4.39 Å². The molecule has 0 unspecified atom stereocenters. The first kappa shape index (κ1) is 26.4. The summed E-state index contributed by atoms with van der Waals surface area (Å²) in [6.07, 6.45) is 6.39. The first-order valence-corrected chi connectivity index (χ1v) is 11.5. The van der Waals surface area contributed by atoms with Crippen LogP contribution < -0.4 is 20.9 Å². The van der Waals surface area contributed by atoms with E-state index in [2.05, 4.69) is 29.5 Å². The highest BCUT2D eigenvalue weighted by Gasteiger charge is 2.35. The molecule has 3 N–H and O–H groups in total. The average Bonchev–Trinajstić information content (AvgIpc) is 3.20. The molecule has 1 aromatic carbocycles. The predicted octanol–water partition coefficient (Wildman–Crippen LogP) is 3.82. The second-order valence-corrected chi connectivity index (χ2v) is 8.50. The van der Waals surface area contributed by atoms with E-state index >= 15 is 0 Å². The lowest BCUT2D eigenvalue weighted by molar-refractivity contribution is -0.122. The van der Waals surface area contributed by atoms with Crippen LogP contribution in [0.15, 0.2) is 48.7 Å². The number of carbonyl (C=O) groups is 1. The van der Waals surface area contributed by atoms with Crippen molar-refractivity contribution in [3.05, 3.63) is 59.3 Å². The molecule has 0 aromatic heterocycles. The summed E-state index contributed by atoms with van der Waals surface area (Å²) in [5, 5.41) is 18.3. The lowest BCUT2D eigenvalue weighted by Gasteiger charge is -2.27. The summed E-state index contributed by atoms with van der Waals surface area (Å²) in [6.45, 7) is 9.96. The van der Waals surface area contributed by atoms with E-state index in [1.165, 1.54) is 0 Å². The Balaban J connectivity index is 2.18. The van der Waals surface area contributed by atoms with Crippen LogP contribution >= 0.6 is 11.6 Å². The van der Waals surface area contributed by atoms with Gasteiger partial charge in [-0.2, -0.15) is 5.26 Å². The Kier molecular flexibility index (Phi) is 10.9. The van der Waals surface area contributed by atoms with E-state index in [9.17, 15) is 9.18 Å². The van der Waals surface area contributed by atoms with Gasteiger partial charge >= 0.3 is 0 Å². The minimum Gasteiger partial charge on any atom is -0.384 e. The fourth-order valence-corrected chi connectivity index (χ4v) is 4.01. The molecule has 0 radical (unpaired) electrons. The number of rotatable bonds is 12. The molecule has 1 heterocycles. The molecule has 33 heavy (non-hydrogen) atoms. The molecule has 8 heteroatoms. The molecule has 1 aromatic rings. The summed E-state index contributed by atoms with van der Waals surface area (Å²) >= 11 is 6.54. The molecule has 2 rings (SSSR count). The summed E-state index contributed by atoms with van der Waals surface area (Å²) < 4.78 is 12.1. The van der Waals surface area contributed by atoms with Gasteiger partial charge < -0.3 is 20.9 Å². The van der Waals surface area contributed by atoms with E-state index in [-0.39, 0.29) is 25.2 Å². The third-order valence-corrected chi connectivity index (χ3v) is 5.82. The van der Waals surface area contributed by atoms with Crippen LogP contribution in [0.1, 0.15) is 25.8 Å². The Morgan fingerprint density at radius 1 is 1.33 bits per heavy atom. The molecule has 1 aliphatic heterocycles. The van der Waals surface area contributed by atoms with Gasteiger partial charge in [0.15, 0.2) is 0 Å². The Bertz CT molecular complexity index is 924. The second-order valence-electron chi connectivity index (χ2n) is 8.09. The molecule has 0 bridgehead atoms. The topological polar surface area (TPSA) is 80.2 Å². The van der Waals surface area contributed by atoms with Crippen molar-refractivity contribution in [1.82, 2.24) is 16.0 Å². The van der Waals surface area contributed by atoms with Gasteiger partial charge in [0, 0.05) is 31.9 Å². The third kappa shape index (κ3) is 7.92. The summed E-state index contributed by atoms with van der Waals surface area (Å²) in [6, 6.07) is 7.41. The summed E-state index contributed by atoms with van der Waals surface area (Å²) in [5.74, 6) is 0.183. The van der Waals surface area contributed by atoms with Gasteiger partial charge in [-0.3, -0.25) is 4.79 Å². The molecule has 1 fully saturated rings. The minimum absolute atomic E-state index is 0.00884. The highest BCUT2D eigenvalue weighted by molar-refractivity contribution is 6.33. The second kappa shape index (κ2) is 13.7. The molecule has 1 saturated heterocycles. The van der Waals surface area contributed by atoms with Crippen molar-refractivity contribution in [3.63, 3.8) is 0 Å². The average molecular weight is 474 g/mol. The number of benzene rings is 1. The summed E-state index contributed by atoms with van der Waals surface area (Å²) in [5.41, 5.74) is 3.71. The van der Waals surface area contributed by atoms with E-state index in [1.807, 2.05) is 48.2 Å². The van der Waals surface area contributed by atoms with Crippen molar-refractivity contribution < 1.29 is 9.18 Å². The quantitative estimate of drug-likeness (QED) is 0.244. The van der Waals surface area contributed by atoms with Gasteiger partial charge in [0.25, 0.3) is 0 Å². The highest BCUT2D eigenvalue weighted by atomic mass is 35.5. The Morgan fingerprint density at radius 2 is 2.12 bits per heavy atom. The number of hydrogen-bond donors (Lipinski definition) is 3. The molecule has 6 nitrogen and oxygen atoms in total. The fraction of sp³-hybridized carbons (Fsp3) is 0.440.